The van der Waals surface area contributed by atoms with E-state index in [1.165, 1.54) is 6.07 Å². The van der Waals surface area contributed by atoms with E-state index in [9.17, 15) is 8.42 Å². The van der Waals surface area contributed by atoms with Crippen LogP contribution in [0, 0.1) is 6.92 Å². The van der Waals surface area contributed by atoms with Crippen molar-refractivity contribution in [1.82, 2.24) is 0 Å². The second-order valence-corrected chi connectivity index (χ2v) is 7.59. The normalized spacial score (nSPS) is 11.5. The molecule has 0 saturated carbocycles. The molecule has 7 heteroatoms. The van der Waals surface area contributed by atoms with E-state index in [1.54, 1.807) is 17.5 Å². The van der Waals surface area contributed by atoms with Gasteiger partial charge in [0.15, 0.2) is 0 Å². The molecule has 0 radical (unpaired) electrons. The number of aliphatic hydroxyl groups excluding tert-OH is 1. The first-order valence-electron chi connectivity index (χ1n) is 5.40. The van der Waals surface area contributed by atoms with Crippen molar-refractivity contribution in [3.8, 4) is 0 Å². The van der Waals surface area contributed by atoms with E-state index in [2.05, 4.69) is 20.7 Å². The fourth-order valence-corrected chi connectivity index (χ4v) is 4.27. The minimum atomic E-state index is -3.61. The summed E-state index contributed by atoms with van der Waals surface area (Å²) in [6.45, 7) is 1.72. The smallest absolute Gasteiger partial charge is 0.271 e. The van der Waals surface area contributed by atoms with Gasteiger partial charge in [-0.25, -0.2) is 8.42 Å². The quantitative estimate of drug-likeness (QED) is 0.878. The van der Waals surface area contributed by atoms with Crippen molar-refractivity contribution < 1.29 is 13.5 Å². The third kappa shape index (κ3) is 3.17. The van der Waals surface area contributed by atoms with E-state index < -0.39 is 10.0 Å². The number of benzene rings is 1. The van der Waals surface area contributed by atoms with Gasteiger partial charge in [0, 0.05) is 4.47 Å². The zero-order valence-corrected chi connectivity index (χ0v) is 13.3. The summed E-state index contributed by atoms with van der Waals surface area (Å²) in [5.74, 6) is 0. The lowest BCUT2D eigenvalue weighted by Crippen LogP contribution is -2.12. The maximum absolute atomic E-state index is 12.2. The van der Waals surface area contributed by atoms with Crippen LogP contribution in [-0.2, 0) is 16.6 Å². The molecule has 1 aromatic carbocycles. The molecular weight excluding hydrogens is 350 g/mol. The van der Waals surface area contributed by atoms with Crippen LogP contribution in [0.15, 0.2) is 38.3 Å². The van der Waals surface area contributed by atoms with Gasteiger partial charge in [-0.15, -0.1) is 11.3 Å². The number of nitrogens with one attached hydrogen (secondary N) is 1. The molecule has 0 aliphatic heterocycles. The Bertz CT molecular complexity index is 695. The number of sulfonamides is 1. The summed E-state index contributed by atoms with van der Waals surface area (Å²) in [5, 5.41) is 10.6. The molecule has 4 nitrogen and oxygen atoms in total. The number of anilines is 1. The van der Waals surface area contributed by atoms with Gasteiger partial charge >= 0.3 is 0 Å². The molecule has 0 aliphatic carbocycles. The van der Waals surface area contributed by atoms with Crippen molar-refractivity contribution in [3.63, 3.8) is 0 Å². The van der Waals surface area contributed by atoms with Gasteiger partial charge in [0.25, 0.3) is 10.0 Å². The molecule has 1 aromatic heterocycles. The first-order chi connectivity index (χ1) is 8.94. The van der Waals surface area contributed by atoms with Crippen molar-refractivity contribution >= 4 is 43.0 Å². The second kappa shape index (κ2) is 5.62. The molecule has 0 fully saturated rings. The Morgan fingerprint density at radius 3 is 2.79 bits per heavy atom. The second-order valence-electron chi connectivity index (χ2n) is 3.97. The average Bonchev–Trinajstić information content (AvgIpc) is 2.84. The predicted octanol–water partition coefficient (Wildman–Crippen LogP) is 3.11. The van der Waals surface area contributed by atoms with E-state index in [-0.39, 0.29) is 10.8 Å². The van der Waals surface area contributed by atoms with Crippen molar-refractivity contribution in [2.75, 3.05) is 4.72 Å². The maximum Gasteiger partial charge on any atom is 0.271 e. The number of hydrogen-bond acceptors (Lipinski definition) is 4. The molecule has 2 N–H and O–H groups in total. The van der Waals surface area contributed by atoms with Crippen LogP contribution in [0.1, 0.15) is 11.1 Å². The third-order valence-electron chi connectivity index (χ3n) is 2.51. The molecule has 0 aliphatic rings. The summed E-state index contributed by atoms with van der Waals surface area (Å²) >= 11 is 4.45. The Morgan fingerprint density at radius 1 is 1.42 bits per heavy atom. The van der Waals surface area contributed by atoms with Crippen LogP contribution in [-0.4, -0.2) is 13.5 Å². The van der Waals surface area contributed by atoms with Gasteiger partial charge in [-0.2, -0.15) is 0 Å². The highest BCUT2D eigenvalue weighted by Gasteiger charge is 2.18. The Morgan fingerprint density at radius 2 is 2.16 bits per heavy atom. The van der Waals surface area contributed by atoms with Crippen LogP contribution >= 0.6 is 27.3 Å². The first kappa shape index (κ1) is 14.5. The molecule has 19 heavy (non-hydrogen) atoms. The molecule has 0 bridgehead atoms. The van der Waals surface area contributed by atoms with Crippen LogP contribution in [0.3, 0.4) is 0 Å². The summed E-state index contributed by atoms with van der Waals surface area (Å²) < 4.78 is 27.8. The number of rotatable bonds is 4. The van der Waals surface area contributed by atoms with Gasteiger partial charge in [-0.3, -0.25) is 4.72 Å². The molecular formula is C12H12BrNO3S2. The van der Waals surface area contributed by atoms with Gasteiger partial charge in [0.1, 0.15) is 4.21 Å². The largest absolute Gasteiger partial charge is 0.392 e. The third-order valence-corrected chi connectivity index (χ3v) is 6.42. The van der Waals surface area contributed by atoms with Crippen molar-refractivity contribution in [2.24, 2.45) is 0 Å². The van der Waals surface area contributed by atoms with Crippen molar-refractivity contribution in [3.05, 3.63) is 45.2 Å². The molecule has 2 aromatic rings. The minimum absolute atomic E-state index is 0.167. The number of thiophene rings is 1. The monoisotopic (exact) mass is 361 g/mol. The van der Waals surface area contributed by atoms with E-state index in [0.29, 0.717) is 11.3 Å². The summed E-state index contributed by atoms with van der Waals surface area (Å²) in [6, 6.07) is 6.83. The van der Waals surface area contributed by atoms with Crippen LogP contribution in [0.2, 0.25) is 0 Å². The molecule has 0 unspecified atom stereocenters. The van der Waals surface area contributed by atoms with Crippen LogP contribution in [0.4, 0.5) is 5.69 Å². The van der Waals surface area contributed by atoms with E-state index >= 15 is 0 Å². The fourth-order valence-electron chi connectivity index (χ4n) is 1.50. The van der Waals surface area contributed by atoms with Gasteiger partial charge in [-0.1, -0.05) is 12.1 Å². The molecule has 1 heterocycles. The maximum atomic E-state index is 12.2. The van der Waals surface area contributed by atoms with E-state index in [4.69, 9.17) is 5.11 Å². The lowest BCUT2D eigenvalue weighted by molar-refractivity contribution is 0.282. The molecule has 2 rings (SSSR count). The van der Waals surface area contributed by atoms with Gasteiger partial charge in [0.2, 0.25) is 0 Å². The number of hydrogen-bond donors (Lipinski definition) is 2. The number of halogens is 1. The van der Waals surface area contributed by atoms with Crippen LogP contribution in [0.25, 0.3) is 0 Å². The molecule has 0 amide bonds. The fraction of sp³-hybridized carbons (Fsp3) is 0.167. The molecule has 0 saturated heterocycles. The molecule has 0 atom stereocenters. The lowest BCUT2D eigenvalue weighted by Gasteiger charge is -2.09. The van der Waals surface area contributed by atoms with E-state index in [0.717, 1.165) is 21.4 Å². The zero-order chi connectivity index (χ0) is 14.0. The highest BCUT2D eigenvalue weighted by Crippen LogP contribution is 2.29. The Labute approximate surface area is 124 Å². The molecule has 0 spiro atoms. The number of aliphatic hydroxyl groups is 1. The summed E-state index contributed by atoms with van der Waals surface area (Å²) in [7, 11) is -3.61. The minimum Gasteiger partial charge on any atom is -0.392 e. The SMILES string of the molecule is Cc1cccc(NS(=O)(=O)c2cc(CO)cs2)c1Br. The van der Waals surface area contributed by atoms with Gasteiger partial charge < -0.3 is 5.11 Å². The highest BCUT2D eigenvalue weighted by molar-refractivity contribution is 9.10. The first-order valence-corrected chi connectivity index (χ1v) is 8.56. The summed E-state index contributed by atoms with van der Waals surface area (Å²) in [4.78, 5) is 0. The molecule has 102 valence electrons. The predicted molar refractivity (Wildman–Crippen MR) is 79.9 cm³/mol. The Kier molecular flexibility index (Phi) is 4.29. The summed E-state index contributed by atoms with van der Waals surface area (Å²) in [6.07, 6.45) is 0. The Hall–Kier alpha value is -0.890. The van der Waals surface area contributed by atoms with Gasteiger partial charge in [0.05, 0.1) is 12.3 Å². The van der Waals surface area contributed by atoms with Crippen molar-refractivity contribution in [1.29, 1.82) is 0 Å². The van der Waals surface area contributed by atoms with Gasteiger partial charge in [-0.05, 0) is 51.5 Å². The van der Waals surface area contributed by atoms with Crippen LogP contribution in [0.5, 0.6) is 0 Å². The lowest BCUT2D eigenvalue weighted by atomic mass is 10.2. The standard InChI is InChI=1S/C12H12BrNO3S2/c1-8-3-2-4-10(12(8)13)14-19(16,17)11-5-9(6-15)7-18-11/h2-5,7,14-15H,6H2,1H3. The highest BCUT2D eigenvalue weighted by atomic mass is 79.9. The number of aryl methyl sites for hydroxylation is 1. The average molecular weight is 362 g/mol. The topological polar surface area (TPSA) is 66.4 Å². The zero-order valence-electron chi connectivity index (χ0n) is 10.1. The summed E-state index contributed by atoms with van der Waals surface area (Å²) in [5.41, 5.74) is 2.04. The van der Waals surface area contributed by atoms with E-state index in [1.807, 2.05) is 13.0 Å². The Balaban J connectivity index is 2.33. The van der Waals surface area contributed by atoms with Crippen LogP contribution < -0.4 is 4.72 Å². The van der Waals surface area contributed by atoms with Crippen molar-refractivity contribution in [2.45, 2.75) is 17.7 Å².